The Morgan fingerprint density at radius 1 is 1.16 bits per heavy atom. The number of nitrogens with one attached hydrogen (secondary N) is 2. The van der Waals surface area contributed by atoms with Crippen LogP contribution < -0.4 is 10.6 Å². The number of nitrogens with zero attached hydrogens (tertiary/aromatic N) is 1. The number of rotatable bonds is 6. The van der Waals surface area contributed by atoms with Gasteiger partial charge in [0.2, 0.25) is 0 Å². The summed E-state index contributed by atoms with van der Waals surface area (Å²) in [4.78, 5) is 14.5. The number of piperidine rings is 2. The fourth-order valence-corrected chi connectivity index (χ4v) is 4.17. The molecule has 0 saturated carbocycles. The van der Waals surface area contributed by atoms with Crippen molar-refractivity contribution in [3.05, 3.63) is 0 Å². The summed E-state index contributed by atoms with van der Waals surface area (Å²) in [6.07, 6.45) is 6.29. The van der Waals surface area contributed by atoms with Gasteiger partial charge in [0, 0.05) is 31.2 Å². The molecule has 2 fully saturated rings. The van der Waals surface area contributed by atoms with E-state index >= 15 is 0 Å². The molecular weight excluding hydrogens is 314 g/mol. The maximum atomic E-state index is 11.9. The predicted molar refractivity (Wildman–Crippen MR) is 103 cm³/mol. The number of hydrogen-bond donors (Lipinski definition) is 2. The van der Waals surface area contributed by atoms with Gasteiger partial charge in [-0.15, -0.1) is 0 Å². The van der Waals surface area contributed by atoms with E-state index in [0.717, 1.165) is 18.6 Å². The largest absolute Gasteiger partial charge is 0.444 e. The van der Waals surface area contributed by atoms with Crippen LogP contribution >= 0.6 is 0 Å². The SMILES string of the molecule is CC(C)C(CNC(=O)OC(C)(C)C)CNC1CC2CCCC(C1)N2C. The Bertz CT molecular complexity index is 419. The molecule has 25 heavy (non-hydrogen) atoms. The molecule has 2 bridgehead atoms. The monoisotopic (exact) mass is 353 g/mol. The lowest BCUT2D eigenvalue weighted by atomic mass is 9.82. The number of carbonyl (C=O) groups excluding carboxylic acids is 1. The third-order valence-electron chi connectivity index (χ3n) is 5.86. The minimum atomic E-state index is -0.443. The fourth-order valence-electron chi connectivity index (χ4n) is 4.17. The number of amides is 1. The highest BCUT2D eigenvalue weighted by Crippen LogP contribution is 2.32. The molecule has 0 aromatic heterocycles. The summed E-state index contributed by atoms with van der Waals surface area (Å²) in [5, 5.41) is 6.75. The molecule has 5 nitrogen and oxygen atoms in total. The van der Waals surface area contributed by atoms with Crippen molar-refractivity contribution < 1.29 is 9.53 Å². The van der Waals surface area contributed by atoms with E-state index < -0.39 is 5.60 Å². The van der Waals surface area contributed by atoms with Crippen LogP contribution in [0, 0.1) is 11.8 Å². The molecule has 3 atom stereocenters. The molecule has 2 saturated heterocycles. The first-order valence-corrected chi connectivity index (χ1v) is 10.1. The minimum absolute atomic E-state index is 0.313. The minimum Gasteiger partial charge on any atom is -0.444 e. The molecule has 0 aromatic carbocycles. The van der Waals surface area contributed by atoms with Crippen LogP contribution in [0.3, 0.4) is 0 Å². The first kappa shape index (κ1) is 20.5. The summed E-state index contributed by atoms with van der Waals surface area (Å²) in [6, 6.07) is 2.12. The summed E-state index contributed by atoms with van der Waals surface area (Å²) in [6.45, 7) is 11.8. The first-order chi connectivity index (χ1) is 11.7. The second-order valence-corrected chi connectivity index (χ2v) is 9.37. The van der Waals surface area contributed by atoms with E-state index in [-0.39, 0.29) is 6.09 Å². The Kier molecular flexibility index (Phi) is 7.15. The van der Waals surface area contributed by atoms with E-state index in [1.807, 2.05) is 20.8 Å². The van der Waals surface area contributed by atoms with Gasteiger partial charge in [-0.3, -0.25) is 0 Å². The number of fused-ring (bicyclic) bond motifs is 2. The van der Waals surface area contributed by atoms with Crippen molar-refractivity contribution in [2.75, 3.05) is 20.1 Å². The second kappa shape index (κ2) is 8.72. The zero-order valence-electron chi connectivity index (χ0n) is 17.1. The average Bonchev–Trinajstić information content (AvgIpc) is 2.45. The van der Waals surface area contributed by atoms with Crippen LogP contribution in [0.1, 0.15) is 66.7 Å². The topological polar surface area (TPSA) is 53.6 Å². The highest BCUT2D eigenvalue weighted by atomic mass is 16.6. The van der Waals surface area contributed by atoms with E-state index in [2.05, 4.69) is 36.4 Å². The van der Waals surface area contributed by atoms with Gasteiger partial charge in [-0.1, -0.05) is 20.3 Å². The fraction of sp³-hybridized carbons (Fsp3) is 0.950. The zero-order valence-corrected chi connectivity index (χ0v) is 17.1. The van der Waals surface area contributed by atoms with E-state index in [1.165, 1.54) is 32.1 Å². The smallest absolute Gasteiger partial charge is 0.407 e. The van der Waals surface area contributed by atoms with Gasteiger partial charge < -0.3 is 20.3 Å². The van der Waals surface area contributed by atoms with Crippen molar-refractivity contribution in [2.24, 2.45) is 11.8 Å². The lowest BCUT2D eigenvalue weighted by Gasteiger charge is -2.47. The Hall–Kier alpha value is -0.810. The summed E-state index contributed by atoms with van der Waals surface area (Å²) in [5.74, 6) is 0.945. The lowest BCUT2D eigenvalue weighted by molar-refractivity contribution is 0.0460. The number of ether oxygens (including phenoxy) is 1. The molecule has 2 heterocycles. The van der Waals surface area contributed by atoms with Crippen molar-refractivity contribution in [1.82, 2.24) is 15.5 Å². The molecule has 2 rings (SSSR count). The van der Waals surface area contributed by atoms with Crippen LogP contribution in [-0.2, 0) is 4.74 Å². The third kappa shape index (κ3) is 6.45. The van der Waals surface area contributed by atoms with Gasteiger partial charge in [0.05, 0.1) is 0 Å². The van der Waals surface area contributed by atoms with Crippen molar-refractivity contribution in [3.63, 3.8) is 0 Å². The molecular formula is C20H39N3O2. The standard InChI is InChI=1S/C20H39N3O2/c1-14(2)15(13-22-19(24)25-20(3,4)5)12-21-16-10-17-8-7-9-18(11-16)23(17)6/h14-18,21H,7-13H2,1-6H3,(H,22,24). The highest BCUT2D eigenvalue weighted by Gasteiger charge is 2.35. The van der Waals surface area contributed by atoms with Crippen molar-refractivity contribution >= 4 is 6.09 Å². The van der Waals surface area contributed by atoms with Crippen LogP contribution in [0.25, 0.3) is 0 Å². The molecule has 0 spiro atoms. The van der Waals surface area contributed by atoms with Gasteiger partial charge in [0.1, 0.15) is 5.60 Å². The Balaban J connectivity index is 1.77. The van der Waals surface area contributed by atoms with E-state index in [1.54, 1.807) is 0 Å². The Morgan fingerprint density at radius 3 is 2.28 bits per heavy atom. The summed E-state index contributed by atoms with van der Waals surface area (Å²) in [7, 11) is 2.30. The third-order valence-corrected chi connectivity index (χ3v) is 5.86. The maximum absolute atomic E-state index is 11.9. The second-order valence-electron chi connectivity index (χ2n) is 9.37. The molecule has 3 unspecified atom stereocenters. The molecule has 2 N–H and O–H groups in total. The summed E-state index contributed by atoms with van der Waals surface area (Å²) in [5.41, 5.74) is -0.443. The Morgan fingerprint density at radius 2 is 1.76 bits per heavy atom. The number of alkyl carbamates (subject to hydrolysis) is 1. The molecule has 2 aliphatic heterocycles. The van der Waals surface area contributed by atoms with E-state index in [0.29, 0.717) is 24.4 Å². The van der Waals surface area contributed by atoms with Gasteiger partial charge in [-0.25, -0.2) is 4.79 Å². The van der Waals surface area contributed by atoms with Crippen molar-refractivity contribution in [2.45, 2.75) is 90.4 Å². The average molecular weight is 354 g/mol. The molecule has 2 aliphatic rings. The molecule has 5 heteroatoms. The number of carbonyl (C=O) groups is 1. The molecule has 146 valence electrons. The molecule has 0 aliphatic carbocycles. The van der Waals surface area contributed by atoms with E-state index in [4.69, 9.17) is 4.74 Å². The van der Waals surface area contributed by atoms with Crippen LogP contribution in [0.2, 0.25) is 0 Å². The quantitative estimate of drug-likeness (QED) is 0.768. The van der Waals surface area contributed by atoms with Gasteiger partial charge in [-0.05, 0) is 65.3 Å². The van der Waals surface area contributed by atoms with Crippen LogP contribution in [-0.4, -0.2) is 54.9 Å². The molecule has 1 amide bonds. The van der Waals surface area contributed by atoms with Crippen LogP contribution in [0.4, 0.5) is 4.79 Å². The highest BCUT2D eigenvalue weighted by molar-refractivity contribution is 5.67. The summed E-state index contributed by atoms with van der Waals surface area (Å²) >= 11 is 0. The Labute approximate surface area is 154 Å². The molecule has 0 radical (unpaired) electrons. The van der Waals surface area contributed by atoms with Crippen molar-refractivity contribution in [1.29, 1.82) is 0 Å². The lowest BCUT2D eigenvalue weighted by Crippen LogP contribution is -2.55. The van der Waals surface area contributed by atoms with Gasteiger partial charge in [0.15, 0.2) is 0 Å². The molecule has 0 aromatic rings. The van der Waals surface area contributed by atoms with Crippen molar-refractivity contribution in [3.8, 4) is 0 Å². The van der Waals surface area contributed by atoms with Crippen LogP contribution in [0.5, 0.6) is 0 Å². The van der Waals surface area contributed by atoms with Gasteiger partial charge in [-0.2, -0.15) is 0 Å². The number of hydrogen-bond acceptors (Lipinski definition) is 4. The van der Waals surface area contributed by atoms with E-state index in [9.17, 15) is 4.79 Å². The normalized spacial score (nSPS) is 28.7. The zero-order chi connectivity index (χ0) is 18.6. The maximum Gasteiger partial charge on any atom is 0.407 e. The van der Waals surface area contributed by atoms with Gasteiger partial charge >= 0.3 is 6.09 Å². The van der Waals surface area contributed by atoms with Gasteiger partial charge in [0.25, 0.3) is 0 Å². The van der Waals surface area contributed by atoms with Crippen LogP contribution in [0.15, 0.2) is 0 Å². The first-order valence-electron chi connectivity index (χ1n) is 10.1. The predicted octanol–water partition coefficient (Wildman–Crippen LogP) is 3.39. The summed E-state index contributed by atoms with van der Waals surface area (Å²) < 4.78 is 5.35.